The fraction of sp³-hybridized carbons (Fsp3) is 0. The molecule has 86 valence electrons. The summed E-state index contributed by atoms with van der Waals surface area (Å²) in [5, 5.41) is 10.4. The van der Waals surface area contributed by atoms with E-state index in [4.69, 9.17) is 5.73 Å². The molecule has 2 aromatic rings. The molecule has 0 saturated carbocycles. The SMILES string of the molecule is Nc1ccc(/C=C/C(=O)Nc2nncs2)cc1. The summed E-state index contributed by atoms with van der Waals surface area (Å²) in [6.07, 6.45) is 3.14. The van der Waals surface area contributed by atoms with E-state index >= 15 is 0 Å². The highest BCUT2D eigenvalue weighted by Crippen LogP contribution is 2.09. The molecule has 1 heterocycles. The van der Waals surface area contributed by atoms with Crippen LogP contribution in [0.4, 0.5) is 10.8 Å². The van der Waals surface area contributed by atoms with Gasteiger partial charge in [-0.25, -0.2) is 0 Å². The van der Waals surface area contributed by atoms with Crippen molar-refractivity contribution >= 4 is 34.1 Å². The molecule has 1 amide bonds. The van der Waals surface area contributed by atoms with Gasteiger partial charge in [0.15, 0.2) is 0 Å². The van der Waals surface area contributed by atoms with Gasteiger partial charge < -0.3 is 5.73 Å². The second-order valence-electron chi connectivity index (χ2n) is 3.23. The first-order valence-electron chi connectivity index (χ1n) is 4.85. The molecule has 5 nitrogen and oxygen atoms in total. The molecule has 2 rings (SSSR count). The third-order valence-corrected chi connectivity index (χ3v) is 2.56. The summed E-state index contributed by atoms with van der Waals surface area (Å²) in [7, 11) is 0. The van der Waals surface area contributed by atoms with Crippen LogP contribution in [0.15, 0.2) is 35.9 Å². The van der Waals surface area contributed by atoms with Crippen LogP contribution in [-0.4, -0.2) is 16.1 Å². The van der Waals surface area contributed by atoms with E-state index in [1.54, 1.807) is 23.7 Å². The lowest BCUT2D eigenvalue weighted by Gasteiger charge is -1.96. The van der Waals surface area contributed by atoms with Gasteiger partial charge >= 0.3 is 0 Å². The molecule has 0 aliphatic heterocycles. The fourth-order valence-corrected chi connectivity index (χ4v) is 1.60. The first-order valence-corrected chi connectivity index (χ1v) is 5.73. The zero-order valence-corrected chi connectivity index (χ0v) is 9.65. The van der Waals surface area contributed by atoms with Crippen molar-refractivity contribution in [3.05, 3.63) is 41.4 Å². The lowest BCUT2D eigenvalue weighted by molar-refractivity contribution is -0.111. The molecule has 0 saturated heterocycles. The summed E-state index contributed by atoms with van der Waals surface area (Å²) in [5.41, 5.74) is 8.71. The van der Waals surface area contributed by atoms with Gasteiger partial charge in [-0.15, -0.1) is 10.2 Å². The monoisotopic (exact) mass is 246 g/mol. The zero-order valence-electron chi connectivity index (χ0n) is 8.83. The third-order valence-electron chi connectivity index (χ3n) is 1.95. The molecular formula is C11H10N4OS. The minimum absolute atomic E-state index is 0.237. The molecule has 0 aliphatic carbocycles. The normalized spacial score (nSPS) is 10.6. The number of nitrogens with zero attached hydrogens (tertiary/aromatic N) is 2. The van der Waals surface area contributed by atoms with Crippen molar-refractivity contribution in [3.63, 3.8) is 0 Å². The van der Waals surface area contributed by atoms with E-state index in [9.17, 15) is 4.79 Å². The van der Waals surface area contributed by atoms with Gasteiger partial charge in [-0.2, -0.15) is 0 Å². The van der Waals surface area contributed by atoms with E-state index in [1.807, 2.05) is 12.1 Å². The van der Waals surface area contributed by atoms with Crippen molar-refractivity contribution in [1.29, 1.82) is 0 Å². The summed E-state index contributed by atoms with van der Waals surface area (Å²) in [5.74, 6) is -0.237. The second-order valence-corrected chi connectivity index (χ2v) is 4.07. The number of nitrogen functional groups attached to an aromatic ring is 1. The lowest BCUT2D eigenvalue weighted by Crippen LogP contribution is -2.07. The maximum Gasteiger partial charge on any atom is 0.250 e. The number of hydrogen-bond acceptors (Lipinski definition) is 5. The van der Waals surface area contributed by atoms with E-state index < -0.39 is 0 Å². The molecule has 0 spiro atoms. The molecule has 17 heavy (non-hydrogen) atoms. The summed E-state index contributed by atoms with van der Waals surface area (Å²) in [6, 6.07) is 7.23. The second kappa shape index (κ2) is 5.22. The average Bonchev–Trinajstić information content (AvgIpc) is 2.81. The van der Waals surface area contributed by atoms with Crippen LogP contribution < -0.4 is 11.1 Å². The standard InChI is InChI=1S/C11H10N4OS/c12-9-4-1-8(2-5-9)3-6-10(16)14-11-15-13-7-17-11/h1-7H,12H2,(H,14,15,16)/b6-3+. The maximum atomic E-state index is 11.5. The van der Waals surface area contributed by atoms with E-state index in [-0.39, 0.29) is 5.91 Å². The van der Waals surface area contributed by atoms with Crippen LogP contribution in [0.5, 0.6) is 0 Å². The smallest absolute Gasteiger partial charge is 0.250 e. The topological polar surface area (TPSA) is 80.9 Å². The van der Waals surface area contributed by atoms with Gasteiger partial charge in [0.05, 0.1) is 0 Å². The Morgan fingerprint density at radius 1 is 1.35 bits per heavy atom. The Kier molecular flexibility index (Phi) is 3.46. The first-order chi connectivity index (χ1) is 8.24. The predicted octanol–water partition coefficient (Wildman–Crippen LogP) is 1.77. The van der Waals surface area contributed by atoms with Crippen LogP contribution in [0, 0.1) is 0 Å². The molecule has 0 unspecified atom stereocenters. The summed E-state index contributed by atoms with van der Waals surface area (Å²) < 4.78 is 0. The highest BCUT2D eigenvalue weighted by Gasteiger charge is 1.99. The first kappa shape index (κ1) is 11.3. The minimum atomic E-state index is -0.237. The molecule has 1 aromatic heterocycles. The van der Waals surface area contributed by atoms with Gasteiger partial charge in [-0.3, -0.25) is 10.1 Å². The van der Waals surface area contributed by atoms with Crippen LogP contribution >= 0.6 is 11.3 Å². The van der Waals surface area contributed by atoms with Gasteiger partial charge in [0.25, 0.3) is 0 Å². The van der Waals surface area contributed by atoms with Crippen molar-refractivity contribution < 1.29 is 4.79 Å². The van der Waals surface area contributed by atoms with Gasteiger partial charge in [0.1, 0.15) is 5.51 Å². The largest absolute Gasteiger partial charge is 0.399 e. The Labute approximate surface area is 102 Å². The highest BCUT2D eigenvalue weighted by atomic mass is 32.1. The molecule has 0 aliphatic rings. The van der Waals surface area contributed by atoms with E-state index in [0.717, 1.165) is 5.56 Å². The predicted molar refractivity (Wildman–Crippen MR) is 68.4 cm³/mol. The van der Waals surface area contributed by atoms with Crippen molar-refractivity contribution in [1.82, 2.24) is 10.2 Å². The summed E-state index contributed by atoms with van der Waals surface area (Å²) in [6.45, 7) is 0. The number of anilines is 2. The number of benzene rings is 1. The van der Waals surface area contributed by atoms with Gasteiger partial charge in [0, 0.05) is 11.8 Å². The van der Waals surface area contributed by atoms with Crippen molar-refractivity contribution in [3.8, 4) is 0 Å². The highest BCUT2D eigenvalue weighted by molar-refractivity contribution is 7.13. The average molecular weight is 246 g/mol. The molecule has 6 heteroatoms. The number of carbonyl (C=O) groups excluding carboxylic acids is 1. The van der Waals surface area contributed by atoms with Gasteiger partial charge in [0.2, 0.25) is 11.0 Å². The van der Waals surface area contributed by atoms with E-state index in [1.165, 1.54) is 17.4 Å². The van der Waals surface area contributed by atoms with Crippen molar-refractivity contribution in [2.75, 3.05) is 11.1 Å². The minimum Gasteiger partial charge on any atom is -0.399 e. The molecule has 3 N–H and O–H groups in total. The number of hydrogen-bond donors (Lipinski definition) is 2. The summed E-state index contributed by atoms with van der Waals surface area (Å²) in [4.78, 5) is 11.5. The molecule has 0 fully saturated rings. The Morgan fingerprint density at radius 2 is 2.12 bits per heavy atom. The number of rotatable bonds is 3. The van der Waals surface area contributed by atoms with Gasteiger partial charge in [-0.1, -0.05) is 23.5 Å². The van der Waals surface area contributed by atoms with E-state index in [2.05, 4.69) is 15.5 Å². The third kappa shape index (κ3) is 3.39. The van der Waals surface area contributed by atoms with Crippen LogP contribution in [0.3, 0.4) is 0 Å². The molecular weight excluding hydrogens is 236 g/mol. The van der Waals surface area contributed by atoms with Crippen LogP contribution in [0.1, 0.15) is 5.56 Å². The molecule has 0 atom stereocenters. The Bertz CT molecular complexity index is 519. The fourth-order valence-electron chi connectivity index (χ4n) is 1.15. The number of aromatic nitrogens is 2. The Balaban J connectivity index is 1.96. The molecule has 1 aromatic carbocycles. The van der Waals surface area contributed by atoms with Gasteiger partial charge in [-0.05, 0) is 23.8 Å². The number of amides is 1. The van der Waals surface area contributed by atoms with Crippen LogP contribution in [0.25, 0.3) is 6.08 Å². The maximum absolute atomic E-state index is 11.5. The zero-order chi connectivity index (χ0) is 12.1. The van der Waals surface area contributed by atoms with E-state index in [0.29, 0.717) is 10.8 Å². The Hall–Kier alpha value is -2.21. The molecule has 0 radical (unpaired) electrons. The molecule has 0 bridgehead atoms. The van der Waals surface area contributed by atoms with Crippen molar-refractivity contribution in [2.24, 2.45) is 0 Å². The Morgan fingerprint density at radius 3 is 2.76 bits per heavy atom. The number of nitrogens with one attached hydrogen (secondary N) is 1. The lowest BCUT2D eigenvalue weighted by atomic mass is 10.2. The number of nitrogens with two attached hydrogens (primary N) is 1. The van der Waals surface area contributed by atoms with Crippen LogP contribution in [-0.2, 0) is 4.79 Å². The quantitative estimate of drug-likeness (QED) is 0.639. The summed E-state index contributed by atoms with van der Waals surface area (Å²) >= 11 is 1.27. The van der Waals surface area contributed by atoms with Crippen LogP contribution in [0.2, 0.25) is 0 Å². The van der Waals surface area contributed by atoms with Crippen molar-refractivity contribution in [2.45, 2.75) is 0 Å². The number of carbonyl (C=O) groups is 1.